The van der Waals surface area contributed by atoms with Gasteiger partial charge < -0.3 is 5.32 Å². The zero-order valence-electron chi connectivity index (χ0n) is 14.3. The number of imide groups is 1. The van der Waals surface area contributed by atoms with Gasteiger partial charge in [0.15, 0.2) is 0 Å². The van der Waals surface area contributed by atoms with Gasteiger partial charge in [-0.2, -0.15) is 5.01 Å². The molecule has 0 atom stereocenters. The van der Waals surface area contributed by atoms with E-state index in [1.165, 1.54) is 5.01 Å². The van der Waals surface area contributed by atoms with Crippen molar-refractivity contribution in [3.8, 4) is 0 Å². The molecule has 3 aliphatic rings. The molecule has 1 aromatic rings. The number of fused-ring (bicyclic) bond motifs is 1. The highest BCUT2D eigenvalue weighted by Crippen LogP contribution is 2.38. The van der Waals surface area contributed by atoms with Gasteiger partial charge in [0, 0.05) is 29.0 Å². The molecule has 2 fully saturated rings. The Bertz CT molecular complexity index is 746. The lowest BCUT2D eigenvalue weighted by molar-refractivity contribution is -0.163. The number of hydrogen-bond donors (Lipinski definition) is 1. The van der Waals surface area contributed by atoms with Crippen LogP contribution in [0.5, 0.6) is 0 Å². The zero-order valence-corrected chi connectivity index (χ0v) is 15.9. The van der Waals surface area contributed by atoms with Crippen molar-refractivity contribution in [2.24, 2.45) is 0 Å². The number of nitrogens with zero attached hydrogens (tertiary/aromatic N) is 2. The molecule has 140 valence electrons. The molecule has 1 aromatic carbocycles. The summed E-state index contributed by atoms with van der Waals surface area (Å²) in [6, 6.07) is 3.72. The third-order valence-electron chi connectivity index (χ3n) is 5.32. The molecule has 6 nitrogen and oxygen atoms in total. The highest BCUT2D eigenvalue weighted by molar-refractivity contribution is 6.33. The summed E-state index contributed by atoms with van der Waals surface area (Å²) < 4.78 is 0. The molecule has 0 bridgehead atoms. The number of amides is 3. The van der Waals surface area contributed by atoms with Crippen molar-refractivity contribution in [3.63, 3.8) is 0 Å². The molecular weight excluding hydrogens is 377 g/mol. The van der Waals surface area contributed by atoms with Gasteiger partial charge in [0.2, 0.25) is 11.8 Å². The smallest absolute Gasteiger partial charge is 0.273 e. The maximum Gasteiger partial charge on any atom is 0.273 e. The fourth-order valence-corrected chi connectivity index (χ4v) is 4.35. The Labute approximate surface area is 163 Å². The summed E-state index contributed by atoms with van der Waals surface area (Å²) in [5.74, 6) is -0.571. The largest absolute Gasteiger partial charge is 0.317 e. The molecule has 1 N–H and O–H groups in total. The molecule has 0 radical (unpaired) electrons. The third-order valence-corrected chi connectivity index (χ3v) is 5.77. The van der Waals surface area contributed by atoms with Crippen LogP contribution in [0.1, 0.15) is 59.5 Å². The Morgan fingerprint density at radius 2 is 1.69 bits per heavy atom. The molecular formula is C18H21Cl2N3O3. The van der Waals surface area contributed by atoms with Crippen LogP contribution >= 0.6 is 24.0 Å². The van der Waals surface area contributed by atoms with Crippen molar-refractivity contribution in [3.05, 3.63) is 33.8 Å². The van der Waals surface area contributed by atoms with Crippen LogP contribution in [-0.4, -0.2) is 40.8 Å². The van der Waals surface area contributed by atoms with E-state index >= 15 is 0 Å². The van der Waals surface area contributed by atoms with Crippen molar-refractivity contribution < 1.29 is 14.4 Å². The van der Waals surface area contributed by atoms with Gasteiger partial charge in [-0.1, -0.05) is 17.7 Å². The first-order chi connectivity index (χ1) is 12.1. The molecule has 26 heavy (non-hydrogen) atoms. The quantitative estimate of drug-likeness (QED) is 0.778. The fourth-order valence-electron chi connectivity index (χ4n) is 3.98. The van der Waals surface area contributed by atoms with Crippen molar-refractivity contribution in [2.45, 2.75) is 44.6 Å². The molecule has 0 aliphatic carbocycles. The SMILES string of the molecule is Cl.O=C1c2ccc(C3CCNCC3)c(Cl)c2CN1N1C(=O)CCCC1=O. The van der Waals surface area contributed by atoms with E-state index in [1.54, 1.807) is 6.07 Å². The number of nitrogens with one attached hydrogen (secondary N) is 1. The first-order valence-corrected chi connectivity index (χ1v) is 9.15. The molecule has 3 heterocycles. The van der Waals surface area contributed by atoms with Crippen molar-refractivity contribution in [1.29, 1.82) is 0 Å². The van der Waals surface area contributed by atoms with E-state index in [0.717, 1.165) is 42.1 Å². The van der Waals surface area contributed by atoms with E-state index in [2.05, 4.69) is 5.32 Å². The highest BCUT2D eigenvalue weighted by atomic mass is 35.5. The maximum atomic E-state index is 12.7. The van der Waals surface area contributed by atoms with Gasteiger partial charge in [-0.15, -0.1) is 12.4 Å². The second-order valence-corrected chi connectivity index (χ2v) is 7.21. The van der Waals surface area contributed by atoms with Gasteiger partial charge in [0.25, 0.3) is 5.91 Å². The lowest BCUT2D eigenvalue weighted by Crippen LogP contribution is -2.52. The summed E-state index contributed by atoms with van der Waals surface area (Å²) in [6.45, 7) is 2.10. The van der Waals surface area contributed by atoms with Crippen molar-refractivity contribution >= 4 is 41.7 Å². The van der Waals surface area contributed by atoms with E-state index < -0.39 is 0 Å². The van der Waals surface area contributed by atoms with E-state index in [1.807, 2.05) is 6.07 Å². The zero-order chi connectivity index (χ0) is 17.6. The Balaban J connectivity index is 0.00000196. The van der Waals surface area contributed by atoms with Crippen LogP contribution in [0.3, 0.4) is 0 Å². The van der Waals surface area contributed by atoms with Crippen LogP contribution in [0.15, 0.2) is 12.1 Å². The Morgan fingerprint density at radius 3 is 2.35 bits per heavy atom. The Hall–Kier alpha value is -1.63. The summed E-state index contributed by atoms with van der Waals surface area (Å²) >= 11 is 6.64. The lowest BCUT2D eigenvalue weighted by atomic mass is 9.88. The van der Waals surface area contributed by atoms with Crippen molar-refractivity contribution in [1.82, 2.24) is 15.3 Å². The summed E-state index contributed by atoms with van der Waals surface area (Å²) in [7, 11) is 0. The number of benzene rings is 1. The fraction of sp³-hybridized carbons (Fsp3) is 0.500. The topological polar surface area (TPSA) is 69.7 Å². The summed E-state index contributed by atoms with van der Waals surface area (Å²) in [4.78, 5) is 37.1. The van der Waals surface area contributed by atoms with Crippen LogP contribution < -0.4 is 5.32 Å². The standard InChI is InChI=1S/C18H20ClN3O3.ClH/c19-17-12(11-6-8-20-9-7-11)4-5-13-14(17)10-21(18(13)25)22-15(23)2-1-3-16(22)24;/h4-5,11,20H,1-3,6-10H2;1H. The summed E-state index contributed by atoms with van der Waals surface area (Å²) in [5, 5.41) is 6.22. The average molecular weight is 398 g/mol. The van der Waals surface area contributed by atoms with E-state index in [9.17, 15) is 14.4 Å². The molecule has 4 rings (SSSR count). The molecule has 0 aromatic heterocycles. The van der Waals surface area contributed by atoms with Crippen molar-refractivity contribution in [2.75, 3.05) is 13.1 Å². The van der Waals surface area contributed by atoms with Crippen LogP contribution in [-0.2, 0) is 16.1 Å². The van der Waals surface area contributed by atoms with Crippen LogP contribution in [0, 0.1) is 0 Å². The van der Waals surface area contributed by atoms with Gasteiger partial charge in [0.1, 0.15) is 0 Å². The first kappa shape index (κ1) is 19.1. The normalized spacial score (nSPS) is 21.0. The van der Waals surface area contributed by atoms with Crippen LogP contribution in [0.25, 0.3) is 0 Å². The number of hydrazine groups is 1. The van der Waals surface area contributed by atoms with Crippen LogP contribution in [0.2, 0.25) is 5.02 Å². The van der Waals surface area contributed by atoms with Gasteiger partial charge in [-0.3, -0.25) is 14.4 Å². The van der Waals surface area contributed by atoms with Gasteiger partial charge in [-0.05, 0) is 49.9 Å². The number of piperidine rings is 2. The van der Waals surface area contributed by atoms with E-state index in [-0.39, 0.29) is 36.7 Å². The number of halogens is 2. The monoisotopic (exact) mass is 397 g/mol. The third kappa shape index (κ3) is 3.10. The van der Waals surface area contributed by atoms with E-state index in [4.69, 9.17) is 11.6 Å². The Morgan fingerprint density at radius 1 is 1.04 bits per heavy atom. The van der Waals surface area contributed by atoms with Crippen LogP contribution in [0.4, 0.5) is 0 Å². The number of hydrogen-bond acceptors (Lipinski definition) is 4. The number of carbonyl (C=O) groups excluding carboxylic acids is 3. The first-order valence-electron chi connectivity index (χ1n) is 8.77. The second-order valence-electron chi connectivity index (χ2n) is 6.83. The minimum Gasteiger partial charge on any atom is -0.317 e. The van der Waals surface area contributed by atoms with Gasteiger partial charge in [-0.25, -0.2) is 5.01 Å². The molecule has 2 saturated heterocycles. The lowest BCUT2D eigenvalue weighted by Gasteiger charge is -2.32. The average Bonchev–Trinajstić information content (AvgIpc) is 2.94. The molecule has 0 unspecified atom stereocenters. The number of carbonyl (C=O) groups is 3. The van der Waals surface area contributed by atoms with Gasteiger partial charge in [0.05, 0.1) is 6.54 Å². The summed E-state index contributed by atoms with van der Waals surface area (Å²) in [5.41, 5.74) is 2.29. The highest BCUT2D eigenvalue weighted by Gasteiger charge is 2.40. The predicted molar refractivity (Wildman–Crippen MR) is 99.1 cm³/mol. The molecule has 8 heteroatoms. The maximum absolute atomic E-state index is 12.7. The molecule has 0 saturated carbocycles. The summed E-state index contributed by atoms with van der Waals surface area (Å²) in [6.07, 6.45) is 3.15. The number of rotatable bonds is 2. The molecule has 0 spiro atoms. The minimum absolute atomic E-state index is 0. The minimum atomic E-state index is -0.322. The van der Waals surface area contributed by atoms with E-state index in [0.29, 0.717) is 35.8 Å². The molecule has 3 aliphatic heterocycles. The Kier molecular flexibility index (Phi) is 5.55. The second kappa shape index (κ2) is 7.55. The van der Waals surface area contributed by atoms with Gasteiger partial charge >= 0.3 is 0 Å². The molecule has 3 amide bonds. The predicted octanol–water partition coefficient (Wildman–Crippen LogP) is 2.64.